The lowest BCUT2D eigenvalue weighted by Crippen LogP contribution is -2.34. The highest BCUT2D eigenvalue weighted by atomic mass is 16.5. The Labute approximate surface area is 193 Å². The molecule has 0 radical (unpaired) electrons. The number of ether oxygens (including phenoxy) is 4. The molecule has 0 saturated carbocycles. The van der Waals surface area contributed by atoms with Gasteiger partial charge in [0.15, 0.2) is 11.5 Å². The molecule has 174 valence electrons. The van der Waals surface area contributed by atoms with E-state index in [9.17, 15) is 9.90 Å². The Morgan fingerprint density at radius 1 is 0.848 bits per heavy atom. The molecule has 2 N–H and O–H groups in total. The predicted octanol–water partition coefficient (Wildman–Crippen LogP) is 3.35. The van der Waals surface area contributed by atoms with Crippen molar-refractivity contribution in [1.82, 2.24) is 5.32 Å². The van der Waals surface area contributed by atoms with Crippen LogP contribution in [0.3, 0.4) is 0 Å². The smallest absolute Gasteiger partial charge is 0.319 e. The van der Waals surface area contributed by atoms with Crippen LogP contribution in [0.2, 0.25) is 0 Å². The van der Waals surface area contributed by atoms with Gasteiger partial charge < -0.3 is 29.4 Å². The average molecular weight is 452 g/mol. The fourth-order valence-corrected chi connectivity index (χ4v) is 2.95. The van der Waals surface area contributed by atoms with Crippen molar-refractivity contribution in [2.24, 2.45) is 0 Å². The topological polar surface area (TPSA) is 86.3 Å². The summed E-state index contributed by atoms with van der Waals surface area (Å²) in [4.78, 5) is 11.1. The first kappa shape index (κ1) is 24.1. The van der Waals surface area contributed by atoms with Crippen molar-refractivity contribution in [2.75, 3.05) is 26.8 Å². The number of aliphatic hydroxyl groups is 1. The molecule has 0 aromatic heterocycles. The van der Waals surface area contributed by atoms with Crippen LogP contribution in [-0.2, 0) is 22.7 Å². The van der Waals surface area contributed by atoms with Gasteiger partial charge in [-0.2, -0.15) is 0 Å². The SMILES string of the molecule is COC(=O)CNCC(O)COc1ccc(OCc2ccccc2)c(OCc2ccccc2)c1. The van der Waals surface area contributed by atoms with Gasteiger partial charge in [-0.05, 0) is 23.3 Å². The zero-order valence-corrected chi connectivity index (χ0v) is 18.6. The maximum atomic E-state index is 11.1. The Balaban J connectivity index is 1.61. The van der Waals surface area contributed by atoms with Gasteiger partial charge in [-0.25, -0.2) is 0 Å². The molecule has 1 unspecified atom stereocenters. The van der Waals surface area contributed by atoms with Gasteiger partial charge in [-0.1, -0.05) is 60.7 Å². The molecule has 0 heterocycles. The van der Waals surface area contributed by atoms with E-state index in [0.29, 0.717) is 30.5 Å². The summed E-state index contributed by atoms with van der Waals surface area (Å²) in [5, 5.41) is 12.9. The fourth-order valence-electron chi connectivity index (χ4n) is 2.95. The molecule has 0 aliphatic carbocycles. The number of rotatable bonds is 13. The molecule has 7 heteroatoms. The third-order valence-corrected chi connectivity index (χ3v) is 4.71. The Hall–Kier alpha value is -3.55. The van der Waals surface area contributed by atoms with E-state index in [4.69, 9.17) is 14.2 Å². The normalized spacial score (nSPS) is 11.5. The van der Waals surface area contributed by atoms with Crippen molar-refractivity contribution in [3.8, 4) is 17.2 Å². The van der Waals surface area contributed by atoms with E-state index in [1.807, 2.05) is 60.7 Å². The lowest BCUT2D eigenvalue weighted by Gasteiger charge is -2.16. The number of nitrogens with one attached hydrogen (secondary N) is 1. The molecule has 0 fully saturated rings. The second-order valence-corrected chi connectivity index (χ2v) is 7.33. The number of carbonyl (C=O) groups is 1. The minimum absolute atomic E-state index is 0.0263. The molecule has 0 spiro atoms. The van der Waals surface area contributed by atoms with Crippen LogP contribution in [0.15, 0.2) is 78.9 Å². The number of methoxy groups -OCH3 is 1. The van der Waals surface area contributed by atoms with E-state index in [1.165, 1.54) is 7.11 Å². The van der Waals surface area contributed by atoms with Crippen molar-refractivity contribution in [3.05, 3.63) is 90.0 Å². The summed E-state index contributed by atoms with van der Waals surface area (Å²) < 4.78 is 22.3. The lowest BCUT2D eigenvalue weighted by atomic mass is 10.2. The van der Waals surface area contributed by atoms with E-state index < -0.39 is 12.1 Å². The summed E-state index contributed by atoms with van der Waals surface area (Å²) >= 11 is 0. The molecule has 3 aromatic rings. The van der Waals surface area contributed by atoms with Crippen molar-refractivity contribution in [3.63, 3.8) is 0 Å². The van der Waals surface area contributed by atoms with Crippen LogP contribution in [0.4, 0.5) is 0 Å². The van der Waals surface area contributed by atoms with Gasteiger partial charge >= 0.3 is 5.97 Å². The maximum absolute atomic E-state index is 11.1. The number of hydrogen-bond donors (Lipinski definition) is 2. The Bertz CT molecular complexity index is 981. The van der Waals surface area contributed by atoms with Gasteiger partial charge in [0, 0.05) is 12.6 Å². The lowest BCUT2D eigenvalue weighted by molar-refractivity contribution is -0.139. The van der Waals surface area contributed by atoms with E-state index in [1.54, 1.807) is 18.2 Å². The summed E-state index contributed by atoms with van der Waals surface area (Å²) in [6.07, 6.45) is -0.794. The monoisotopic (exact) mass is 451 g/mol. The molecule has 1 atom stereocenters. The van der Waals surface area contributed by atoms with Gasteiger partial charge in [-0.15, -0.1) is 0 Å². The average Bonchev–Trinajstić information content (AvgIpc) is 2.86. The number of benzene rings is 3. The second kappa shape index (κ2) is 13.1. The third-order valence-electron chi connectivity index (χ3n) is 4.71. The van der Waals surface area contributed by atoms with Crippen molar-refractivity contribution in [2.45, 2.75) is 19.3 Å². The molecule has 0 bridgehead atoms. The summed E-state index contributed by atoms with van der Waals surface area (Å²) in [5.74, 6) is 1.29. The molecule has 0 amide bonds. The van der Waals surface area contributed by atoms with Crippen LogP contribution in [-0.4, -0.2) is 44.0 Å². The summed E-state index contributed by atoms with van der Waals surface area (Å²) in [5.41, 5.74) is 2.08. The van der Waals surface area contributed by atoms with Crippen LogP contribution in [0.5, 0.6) is 17.2 Å². The van der Waals surface area contributed by atoms with Gasteiger partial charge in [0.2, 0.25) is 0 Å². The van der Waals surface area contributed by atoms with Crippen LogP contribution >= 0.6 is 0 Å². The van der Waals surface area contributed by atoms with Crippen LogP contribution in [0, 0.1) is 0 Å². The molecular formula is C26H29NO6. The Morgan fingerprint density at radius 2 is 1.45 bits per heavy atom. The van der Waals surface area contributed by atoms with Gasteiger partial charge in [-0.3, -0.25) is 4.79 Å². The zero-order valence-electron chi connectivity index (χ0n) is 18.6. The number of aliphatic hydroxyl groups excluding tert-OH is 1. The van der Waals surface area contributed by atoms with E-state index >= 15 is 0 Å². The first-order valence-electron chi connectivity index (χ1n) is 10.7. The highest BCUT2D eigenvalue weighted by Gasteiger charge is 2.11. The molecule has 33 heavy (non-hydrogen) atoms. The summed E-state index contributed by atoms with van der Waals surface area (Å²) in [6.45, 7) is 1.07. The van der Waals surface area contributed by atoms with Gasteiger partial charge in [0.1, 0.15) is 31.7 Å². The molecule has 7 nitrogen and oxygen atoms in total. The zero-order chi connectivity index (χ0) is 23.3. The third kappa shape index (κ3) is 8.48. The van der Waals surface area contributed by atoms with Crippen LogP contribution < -0.4 is 19.5 Å². The Kier molecular flexibility index (Phi) is 9.57. The molecule has 0 aliphatic heterocycles. The first-order chi connectivity index (χ1) is 16.1. The van der Waals surface area contributed by atoms with Gasteiger partial charge in [0.25, 0.3) is 0 Å². The van der Waals surface area contributed by atoms with E-state index in [0.717, 1.165) is 11.1 Å². The maximum Gasteiger partial charge on any atom is 0.319 e. The number of hydrogen-bond acceptors (Lipinski definition) is 7. The summed E-state index contributed by atoms with van der Waals surface area (Å²) in [6, 6.07) is 25.0. The second-order valence-electron chi connectivity index (χ2n) is 7.33. The highest BCUT2D eigenvalue weighted by molar-refractivity contribution is 5.71. The quantitative estimate of drug-likeness (QED) is 0.386. The standard InChI is InChI=1S/C26H29NO6/c1-30-26(29)16-27-15-22(28)19-31-23-12-13-24(32-17-20-8-4-2-5-9-20)25(14-23)33-18-21-10-6-3-7-11-21/h2-14,22,27-28H,15-19H2,1H3. The minimum atomic E-state index is -0.794. The molecule has 3 aromatic carbocycles. The van der Waals surface area contributed by atoms with Crippen LogP contribution in [0.1, 0.15) is 11.1 Å². The number of carbonyl (C=O) groups excluding carboxylic acids is 1. The molecule has 0 saturated heterocycles. The minimum Gasteiger partial charge on any atom is -0.491 e. The number of esters is 1. The Morgan fingerprint density at radius 3 is 2.06 bits per heavy atom. The van der Waals surface area contributed by atoms with Crippen molar-refractivity contribution < 1.29 is 28.8 Å². The fraction of sp³-hybridized carbons (Fsp3) is 0.269. The molecular weight excluding hydrogens is 422 g/mol. The largest absolute Gasteiger partial charge is 0.491 e. The highest BCUT2D eigenvalue weighted by Crippen LogP contribution is 2.33. The van der Waals surface area contributed by atoms with Crippen molar-refractivity contribution in [1.29, 1.82) is 0 Å². The summed E-state index contributed by atoms with van der Waals surface area (Å²) in [7, 11) is 1.31. The van der Waals surface area contributed by atoms with Gasteiger partial charge in [0.05, 0.1) is 13.7 Å². The molecule has 3 rings (SSSR count). The predicted molar refractivity (Wildman–Crippen MR) is 124 cm³/mol. The van der Waals surface area contributed by atoms with E-state index in [-0.39, 0.29) is 19.7 Å². The molecule has 0 aliphatic rings. The first-order valence-corrected chi connectivity index (χ1v) is 10.7. The van der Waals surface area contributed by atoms with Crippen molar-refractivity contribution >= 4 is 5.97 Å². The van der Waals surface area contributed by atoms with Crippen LogP contribution in [0.25, 0.3) is 0 Å². The van der Waals surface area contributed by atoms with E-state index in [2.05, 4.69) is 10.1 Å².